The van der Waals surface area contributed by atoms with Crippen LogP contribution in [0.1, 0.15) is 33.4 Å². The normalized spacial score (nSPS) is 10.0. The molecule has 4 aromatic carbocycles. The number of hydrogen-bond acceptors (Lipinski definition) is 6. The van der Waals surface area contributed by atoms with Crippen molar-refractivity contribution in [1.82, 2.24) is 0 Å². The van der Waals surface area contributed by atoms with Gasteiger partial charge in [-0.25, -0.2) is 18.4 Å². The molecule has 4 rings (SSSR count). The van der Waals surface area contributed by atoms with Gasteiger partial charge in [0.15, 0.2) is 23.1 Å². The van der Waals surface area contributed by atoms with Gasteiger partial charge in [0, 0.05) is 34.4 Å². The predicted octanol–water partition coefficient (Wildman–Crippen LogP) is 7.26. The lowest BCUT2D eigenvalue weighted by Gasteiger charge is -2.10. The number of halogens is 2. The molecule has 0 radical (unpaired) electrons. The van der Waals surface area contributed by atoms with E-state index in [0.717, 1.165) is 45.5 Å². The third-order valence-electron chi connectivity index (χ3n) is 6.81. The second-order valence-corrected chi connectivity index (χ2v) is 10.3. The molecule has 0 aliphatic rings. The Labute approximate surface area is 278 Å². The number of hydrogen-bond donors (Lipinski definition) is 0. The number of ether oxygens (including phenoxy) is 4. The highest BCUT2D eigenvalue weighted by Gasteiger charge is 2.09. The topological polar surface area (TPSA) is 71.1 Å². The van der Waals surface area contributed by atoms with Crippen molar-refractivity contribution in [2.24, 2.45) is 0 Å². The molecule has 48 heavy (non-hydrogen) atoms. The van der Waals surface area contributed by atoms with E-state index in [-0.39, 0.29) is 37.9 Å². The van der Waals surface area contributed by atoms with Gasteiger partial charge >= 0.3 is 11.9 Å². The van der Waals surface area contributed by atoms with Crippen LogP contribution in [0, 0.1) is 49.2 Å². The smallest absolute Gasteiger partial charge is 0.330 e. The van der Waals surface area contributed by atoms with E-state index in [2.05, 4.69) is 36.8 Å². The van der Waals surface area contributed by atoms with Crippen molar-refractivity contribution in [2.45, 2.75) is 13.8 Å². The maximum atomic E-state index is 14.5. The highest BCUT2D eigenvalue weighted by Crippen LogP contribution is 2.28. The Balaban J connectivity index is 1.38. The van der Waals surface area contributed by atoms with E-state index < -0.39 is 23.6 Å². The molecule has 4 aromatic rings. The molecule has 0 aliphatic heterocycles. The molecule has 0 amide bonds. The summed E-state index contributed by atoms with van der Waals surface area (Å²) in [6.45, 7) is 10.6. The van der Waals surface area contributed by atoms with Gasteiger partial charge in [0.2, 0.25) is 0 Å². The van der Waals surface area contributed by atoms with Crippen LogP contribution >= 0.6 is 0 Å². The molecule has 0 aliphatic carbocycles. The maximum Gasteiger partial charge on any atom is 0.330 e. The van der Waals surface area contributed by atoms with Crippen molar-refractivity contribution < 1.29 is 37.3 Å². The molecular formula is C40H32F2O6. The third-order valence-corrected chi connectivity index (χ3v) is 6.81. The Morgan fingerprint density at radius 3 is 1.27 bits per heavy atom. The SMILES string of the molecule is C=CC(=O)OCCOc1ccc(C#Cc2ccc(-c3ccc(C#Cc4ccc(OCCOC(=O)C=C)c(F)c4)cc3C)c(C)c2)cc1F. The second-order valence-electron chi connectivity index (χ2n) is 10.3. The fourth-order valence-corrected chi connectivity index (χ4v) is 4.47. The van der Waals surface area contributed by atoms with Crippen molar-refractivity contribution in [1.29, 1.82) is 0 Å². The number of carbonyl (C=O) groups excluding carboxylic acids is 2. The highest BCUT2D eigenvalue weighted by atomic mass is 19.1. The average molecular weight is 647 g/mol. The molecule has 242 valence electrons. The molecular weight excluding hydrogens is 614 g/mol. The highest BCUT2D eigenvalue weighted by molar-refractivity contribution is 5.81. The van der Waals surface area contributed by atoms with Gasteiger partial charge in [-0.1, -0.05) is 49.0 Å². The predicted molar refractivity (Wildman–Crippen MR) is 179 cm³/mol. The minimum Gasteiger partial charge on any atom is -0.487 e. The third kappa shape index (κ3) is 9.94. The number of benzene rings is 4. The maximum absolute atomic E-state index is 14.5. The summed E-state index contributed by atoms with van der Waals surface area (Å²) in [4.78, 5) is 22.1. The van der Waals surface area contributed by atoms with Gasteiger partial charge in [0.1, 0.15) is 26.4 Å². The molecule has 8 heteroatoms. The van der Waals surface area contributed by atoms with E-state index in [4.69, 9.17) is 18.9 Å². The molecule has 0 fully saturated rings. The summed E-state index contributed by atoms with van der Waals surface area (Å²) >= 11 is 0. The molecule has 0 heterocycles. The van der Waals surface area contributed by atoms with Crippen LogP contribution in [0.25, 0.3) is 11.1 Å². The molecule has 0 spiro atoms. The van der Waals surface area contributed by atoms with Crippen LogP contribution in [-0.4, -0.2) is 38.4 Å². The zero-order chi connectivity index (χ0) is 34.5. The van der Waals surface area contributed by atoms with E-state index in [1.54, 1.807) is 12.1 Å². The fraction of sp³-hybridized carbons (Fsp3) is 0.150. The van der Waals surface area contributed by atoms with Crippen molar-refractivity contribution in [3.8, 4) is 46.3 Å². The zero-order valence-corrected chi connectivity index (χ0v) is 26.5. The Morgan fingerprint density at radius 2 is 0.938 bits per heavy atom. The Hall–Kier alpha value is -6.12. The molecule has 0 saturated carbocycles. The van der Waals surface area contributed by atoms with Crippen molar-refractivity contribution >= 4 is 11.9 Å². The van der Waals surface area contributed by atoms with Crippen LogP contribution in [0.15, 0.2) is 98.1 Å². The second kappa shape index (κ2) is 17.0. The van der Waals surface area contributed by atoms with Crippen LogP contribution in [-0.2, 0) is 19.1 Å². The first kappa shape index (κ1) is 34.7. The van der Waals surface area contributed by atoms with E-state index in [1.165, 1.54) is 24.3 Å². The molecule has 0 N–H and O–H groups in total. The fourth-order valence-electron chi connectivity index (χ4n) is 4.47. The molecule has 0 unspecified atom stereocenters. The first-order valence-electron chi connectivity index (χ1n) is 14.9. The summed E-state index contributed by atoms with van der Waals surface area (Å²) in [5.41, 5.74) is 6.66. The summed E-state index contributed by atoms with van der Waals surface area (Å²) in [6, 6.07) is 20.7. The number of aryl methyl sites for hydroxylation is 2. The van der Waals surface area contributed by atoms with Crippen molar-refractivity contribution in [3.05, 3.63) is 143 Å². The van der Waals surface area contributed by atoms with Gasteiger partial charge < -0.3 is 18.9 Å². The van der Waals surface area contributed by atoms with E-state index in [9.17, 15) is 18.4 Å². The molecule has 0 aromatic heterocycles. The van der Waals surface area contributed by atoms with Gasteiger partial charge in [-0.2, -0.15) is 0 Å². The first-order chi connectivity index (χ1) is 23.2. The summed E-state index contributed by atoms with van der Waals surface area (Å²) in [5, 5.41) is 0. The lowest BCUT2D eigenvalue weighted by Crippen LogP contribution is -2.10. The monoisotopic (exact) mass is 646 g/mol. The zero-order valence-electron chi connectivity index (χ0n) is 26.5. The molecule has 6 nitrogen and oxygen atoms in total. The Kier molecular flexibility index (Phi) is 12.3. The molecule has 0 atom stereocenters. The van der Waals surface area contributed by atoms with E-state index >= 15 is 0 Å². The first-order valence-corrected chi connectivity index (χ1v) is 14.9. The summed E-state index contributed by atoms with van der Waals surface area (Å²) in [6.07, 6.45) is 2.09. The summed E-state index contributed by atoms with van der Waals surface area (Å²) in [7, 11) is 0. The van der Waals surface area contributed by atoms with Crippen LogP contribution in [0.3, 0.4) is 0 Å². The number of carbonyl (C=O) groups is 2. The average Bonchev–Trinajstić information content (AvgIpc) is 3.08. The molecule has 0 saturated heterocycles. The Bertz CT molecular complexity index is 1830. The van der Waals surface area contributed by atoms with E-state index in [1.807, 2.05) is 50.2 Å². The summed E-state index contributed by atoms with van der Waals surface area (Å²) < 4.78 is 49.2. The van der Waals surface area contributed by atoms with Gasteiger partial charge in [-0.15, -0.1) is 0 Å². The van der Waals surface area contributed by atoms with Crippen molar-refractivity contribution in [3.63, 3.8) is 0 Å². The van der Waals surface area contributed by atoms with Gasteiger partial charge in [0.25, 0.3) is 0 Å². The Morgan fingerprint density at radius 1 is 0.583 bits per heavy atom. The largest absolute Gasteiger partial charge is 0.487 e. The lowest BCUT2D eigenvalue weighted by atomic mass is 9.94. The van der Waals surface area contributed by atoms with Crippen molar-refractivity contribution in [2.75, 3.05) is 26.4 Å². The van der Waals surface area contributed by atoms with Crippen LogP contribution < -0.4 is 9.47 Å². The minimum atomic E-state index is -0.571. The number of rotatable bonds is 11. The van der Waals surface area contributed by atoms with Gasteiger partial charge in [0.05, 0.1) is 0 Å². The van der Waals surface area contributed by atoms with Gasteiger partial charge in [-0.05, 0) is 96.8 Å². The van der Waals surface area contributed by atoms with Crippen LogP contribution in [0.4, 0.5) is 8.78 Å². The minimum absolute atomic E-state index is 0.00975. The van der Waals surface area contributed by atoms with Gasteiger partial charge in [-0.3, -0.25) is 0 Å². The summed E-state index contributed by atoms with van der Waals surface area (Å²) in [5.74, 6) is 9.94. The van der Waals surface area contributed by atoms with Crippen LogP contribution in [0.2, 0.25) is 0 Å². The lowest BCUT2D eigenvalue weighted by molar-refractivity contribution is -0.139. The molecule has 0 bridgehead atoms. The van der Waals surface area contributed by atoms with Crippen LogP contribution in [0.5, 0.6) is 11.5 Å². The standard InChI is InChI=1S/C40H32F2O6/c1-5-39(43)47-21-19-45-37-17-13-31(25-35(37)41)9-7-29-11-15-33(27(3)23-29)34-16-12-30(24-28(34)4)8-10-32-14-18-38(36(42)26-32)46-20-22-48-40(44)6-2/h5-6,11-18,23-26H,1-2,19-22H2,3-4H3. The quantitative estimate of drug-likeness (QED) is 0.0740. The van der Waals surface area contributed by atoms with E-state index in [0.29, 0.717) is 11.1 Å². The number of esters is 2.